The molecule has 0 aliphatic heterocycles. The summed E-state index contributed by atoms with van der Waals surface area (Å²) in [6.07, 6.45) is -0.786. The predicted molar refractivity (Wildman–Crippen MR) is 66.7 cm³/mol. The molecule has 0 spiro atoms. The maximum absolute atomic E-state index is 9.96. The first kappa shape index (κ1) is 13.5. The van der Waals surface area contributed by atoms with E-state index in [1.54, 1.807) is 6.07 Å². The molecule has 0 radical (unpaired) electrons. The second-order valence-electron chi connectivity index (χ2n) is 3.70. The van der Waals surface area contributed by atoms with Gasteiger partial charge in [-0.05, 0) is 29.7 Å². The number of aliphatic hydroxyl groups is 3. The summed E-state index contributed by atoms with van der Waals surface area (Å²) >= 11 is 4.02. The van der Waals surface area contributed by atoms with Crippen LogP contribution in [0.1, 0.15) is 23.7 Å². The molecule has 3 nitrogen and oxygen atoms in total. The van der Waals surface area contributed by atoms with Crippen LogP contribution in [0.5, 0.6) is 0 Å². The molecule has 0 aliphatic rings. The Bertz CT molecular complexity index is 317. The number of hydrogen-bond donors (Lipinski definition) is 4. The van der Waals surface area contributed by atoms with E-state index < -0.39 is 12.2 Å². The Morgan fingerprint density at radius 2 is 1.88 bits per heavy atom. The third kappa shape index (κ3) is 3.49. The van der Waals surface area contributed by atoms with Crippen molar-refractivity contribution in [3.63, 3.8) is 0 Å². The van der Waals surface area contributed by atoms with E-state index in [4.69, 9.17) is 5.11 Å². The van der Waals surface area contributed by atoms with Gasteiger partial charge in [-0.3, -0.25) is 0 Å². The van der Waals surface area contributed by atoms with Gasteiger partial charge >= 0.3 is 0 Å². The highest BCUT2D eigenvalue weighted by molar-refractivity contribution is 7.80. The number of thiol groups is 1. The van der Waals surface area contributed by atoms with E-state index >= 15 is 0 Å². The minimum absolute atomic E-state index is 0.0341. The quantitative estimate of drug-likeness (QED) is 0.561. The lowest BCUT2D eigenvalue weighted by atomic mass is 9.96. The minimum atomic E-state index is -0.908. The van der Waals surface area contributed by atoms with E-state index in [0.717, 1.165) is 5.56 Å². The second kappa shape index (κ2) is 6.91. The first-order valence-electron chi connectivity index (χ1n) is 5.36. The molecule has 0 aliphatic carbocycles. The third-order valence-electron chi connectivity index (χ3n) is 2.54. The minimum Gasteiger partial charge on any atom is -0.396 e. The summed E-state index contributed by atoms with van der Waals surface area (Å²) < 4.78 is 0. The van der Waals surface area contributed by atoms with Gasteiger partial charge in [0.05, 0.1) is 6.10 Å². The maximum Gasteiger partial charge on any atom is 0.105 e. The van der Waals surface area contributed by atoms with Gasteiger partial charge < -0.3 is 15.3 Å². The van der Waals surface area contributed by atoms with Crippen LogP contribution in [-0.4, -0.2) is 33.8 Å². The van der Waals surface area contributed by atoms with Crippen LogP contribution in [0.4, 0.5) is 0 Å². The van der Waals surface area contributed by atoms with Gasteiger partial charge in [0.1, 0.15) is 6.10 Å². The molecule has 0 heterocycles. The fraction of sp³-hybridized carbons (Fsp3) is 0.500. The van der Waals surface area contributed by atoms with Gasteiger partial charge in [-0.25, -0.2) is 0 Å². The first-order chi connectivity index (χ1) is 7.70. The molecule has 16 heavy (non-hydrogen) atoms. The van der Waals surface area contributed by atoms with Gasteiger partial charge in [0.2, 0.25) is 0 Å². The molecule has 3 N–H and O–H groups in total. The second-order valence-corrected chi connectivity index (χ2v) is 4.14. The van der Waals surface area contributed by atoms with Crippen LogP contribution in [-0.2, 0) is 6.42 Å². The van der Waals surface area contributed by atoms with Crippen molar-refractivity contribution >= 4 is 12.6 Å². The van der Waals surface area contributed by atoms with Crippen molar-refractivity contribution in [1.29, 1.82) is 0 Å². The van der Waals surface area contributed by atoms with E-state index in [1.807, 2.05) is 18.2 Å². The standard InChI is InChI=1S/C12H18O3S/c13-7-5-9-3-1-2-4-10(9)12(15)11(14)6-8-16/h1-4,11-16H,5-8H2. The molecule has 0 amide bonds. The van der Waals surface area contributed by atoms with E-state index in [1.165, 1.54) is 0 Å². The summed E-state index contributed by atoms with van der Waals surface area (Å²) in [7, 11) is 0. The zero-order valence-electron chi connectivity index (χ0n) is 9.08. The molecule has 0 bridgehead atoms. The predicted octanol–water partition coefficient (Wildman–Crippen LogP) is 0.936. The monoisotopic (exact) mass is 242 g/mol. The number of hydrogen-bond acceptors (Lipinski definition) is 4. The van der Waals surface area contributed by atoms with Crippen molar-refractivity contribution in [2.45, 2.75) is 25.0 Å². The van der Waals surface area contributed by atoms with Crippen molar-refractivity contribution in [2.24, 2.45) is 0 Å². The Morgan fingerprint density at radius 1 is 1.19 bits per heavy atom. The summed E-state index contributed by atoms with van der Waals surface area (Å²) in [5.41, 5.74) is 1.56. The van der Waals surface area contributed by atoms with Gasteiger partial charge in [0.15, 0.2) is 0 Å². The highest BCUT2D eigenvalue weighted by Crippen LogP contribution is 2.23. The molecular formula is C12H18O3S. The number of rotatable bonds is 6. The molecule has 0 fully saturated rings. The first-order valence-corrected chi connectivity index (χ1v) is 5.99. The van der Waals surface area contributed by atoms with Crippen molar-refractivity contribution < 1.29 is 15.3 Å². The van der Waals surface area contributed by atoms with Crippen LogP contribution < -0.4 is 0 Å². The topological polar surface area (TPSA) is 60.7 Å². The number of aliphatic hydroxyl groups excluding tert-OH is 3. The molecule has 90 valence electrons. The third-order valence-corrected chi connectivity index (χ3v) is 2.80. The van der Waals surface area contributed by atoms with Crippen molar-refractivity contribution in [3.05, 3.63) is 35.4 Å². The summed E-state index contributed by atoms with van der Waals surface area (Å²) in [5, 5.41) is 28.6. The van der Waals surface area contributed by atoms with Crippen molar-refractivity contribution in [1.82, 2.24) is 0 Å². The van der Waals surface area contributed by atoms with E-state index in [2.05, 4.69) is 12.6 Å². The van der Waals surface area contributed by atoms with Crippen molar-refractivity contribution in [2.75, 3.05) is 12.4 Å². The molecule has 0 saturated heterocycles. The van der Waals surface area contributed by atoms with Crippen molar-refractivity contribution in [3.8, 4) is 0 Å². The molecule has 0 saturated carbocycles. The summed E-state index contributed by atoms with van der Waals surface area (Å²) in [5.74, 6) is 0.528. The molecule has 0 aromatic heterocycles. The summed E-state index contributed by atoms with van der Waals surface area (Å²) in [4.78, 5) is 0. The molecule has 1 aromatic carbocycles. The van der Waals surface area contributed by atoms with Gasteiger partial charge in [0, 0.05) is 6.61 Å². The zero-order valence-corrected chi connectivity index (χ0v) is 9.98. The van der Waals surface area contributed by atoms with Crippen LogP contribution >= 0.6 is 12.6 Å². The smallest absolute Gasteiger partial charge is 0.105 e. The maximum atomic E-state index is 9.96. The Balaban J connectivity index is 2.84. The van der Waals surface area contributed by atoms with Crippen LogP contribution in [0, 0.1) is 0 Å². The lowest BCUT2D eigenvalue weighted by molar-refractivity contribution is 0.0166. The fourth-order valence-electron chi connectivity index (χ4n) is 1.67. The Kier molecular flexibility index (Phi) is 5.84. The summed E-state index contributed by atoms with van der Waals surface area (Å²) in [6.45, 7) is 0.0341. The van der Waals surface area contributed by atoms with Gasteiger partial charge in [0.25, 0.3) is 0 Å². The molecule has 1 aromatic rings. The Morgan fingerprint density at radius 3 is 2.50 bits per heavy atom. The molecule has 4 heteroatoms. The van der Waals surface area contributed by atoms with Crippen LogP contribution in [0.3, 0.4) is 0 Å². The van der Waals surface area contributed by atoms with Crippen LogP contribution in [0.2, 0.25) is 0 Å². The highest BCUT2D eigenvalue weighted by Gasteiger charge is 2.19. The largest absolute Gasteiger partial charge is 0.396 e. The molecule has 2 unspecified atom stereocenters. The van der Waals surface area contributed by atoms with E-state index in [-0.39, 0.29) is 6.61 Å². The lowest BCUT2D eigenvalue weighted by Crippen LogP contribution is -2.20. The van der Waals surface area contributed by atoms with Crippen LogP contribution in [0.25, 0.3) is 0 Å². The van der Waals surface area contributed by atoms with E-state index in [0.29, 0.717) is 24.2 Å². The molecular weight excluding hydrogens is 224 g/mol. The van der Waals surface area contributed by atoms with Gasteiger partial charge in [-0.2, -0.15) is 12.6 Å². The fourth-order valence-corrected chi connectivity index (χ4v) is 1.93. The van der Waals surface area contributed by atoms with E-state index in [9.17, 15) is 10.2 Å². The average molecular weight is 242 g/mol. The van der Waals surface area contributed by atoms with Gasteiger partial charge in [-0.15, -0.1) is 0 Å². The Hall–Kier alpha value is -0.550. The highest BCUT2D eigenvalue weighted by atomic mass is 32.1. The zero-order chi connectivity index (χ0) is 12.0. The van der Waals surface area contributed by atoms with Crippen LogP contribution in [0.15, 0.2) is 24.3 Å². The SMILES string of the molecule is OCCc1ccccc1C(O)C(O)CCS. The van der Waals surface area contributed by atoms with Gasteiger partial charge in [-0.1, -0.05) is 24.3 Å². The average Bonchev–Trinajstić information content (AvgIpc) is 2.29. The molecule has 1 rings (SSSR count). The Labute approximate surface area is 101 Å². The lowest BCUT2D eigenvalue weighted by Gasteiger charge is -2.20. The summed E-state index contributed by atoms with van der Waals surface area (Å²) in [6, 6.07) is 7.29. The molecule has 2 atom stereocenters. The number of benzene rings is 1. The normalized spacial score (nSPS) is 14.8.